The molecule has 0 aromatic carbocycles. The van der Waals surface area contributed by atoms with Crippen molar-refractivity contribution in [3.8, 4) is 0 Å². The quantitative estimate of drug-likeness (QED) is 0.777. The van der Waals surface area contributed by atoms with Gasteiger partial charge in [-0.3, -0.25) is 4.79 Å². The topological polar surface area (TPSA) is 63.3 Å². The Kier molecular flexibility index (Phi) is 2.27. The van der Waals surface area contributed by atoms with Crippen LogP contribution >= 0.6 is 0 Å². The minimum absolute atomic E-state index is 0.226. The molecule has 1 aliphatic carbocycles. The van der Waals surface area contributed by atoms with E-state index in [0.717, 1.165) is 30.7 Å². The molecule has 1 aliphatic rings. The van der Waals surface area contributed by atoms with Gasteiger partial charge in [-0.2, -0.15) is 0 Å². The zero-order chi connectivity index (χ0) is 10.1. The van der Waals surface area contributed by atoms with E-state index in [0.29, 0.717) is 5.89 Å². The molecule has 76 valence electrons. The van der Waals surface area contributed by atoms with Crippen molar-refractivity contribution < 1.29 is 14.3 Å². The molecule has 0 bridgehead atoms. The van der Waals surface area contributed by atoms with Crippen LogP contribution in [-0.4, -0.2) is 16.1 Å². The number of carboxylic acid groups (broad SMARTS) is 1. The Labute approximate surface area is 81.9 Å². The summed E-state index contributed by atoms with van der Waals surface area (Å²) < 4.78 is 5.40. The van der Waals surface area contributed by atoms with E-state index in [1.54, 1.807) is 0 Å². The van der Waals surface area contributed by atoms with Crippen LogP contribution in [0, 0.1) is 12.8 Å². The van der Waals surface area contributed by atoms with E-state index < -0.39 is 5.97 Å². The Morgan fingerprint density at radius 2 is 2.50 bits per heavy atom. The molecule has 0 spiro atoms. The van der Waals surface area contributed by atoms with E-state index >= 15 is 0 Å². The van der Waals surface area contributed by atoms with Crippen LogP contribution in [0.1, 0.15) is 30.2 Å². The molecule has 1 aromatic rings. The first-order valence-corrected chi connectivity index (χ1v) is 4.82. The van der Waals surface area contributed by atoms with E-state index in [9.17, 15) is 4.79 Å². The van der Waals surface area contributed by atoms with Crippen molar-refractivity contribution in [2.24, 2.45) is 5.92 Å². The summed E-state index contributed by atoms with van der Waals surface area (Å²) in [6, 6.07) is 0. The zero-order valence-electron chi connectivity index (χ0n) is 8.12. The van der Waals surface area contributed by atoms with E-state index in [2.05, 4.69) is 4.98 Å². The van der Waals surface area contributed by atoms with Gasteiger partial charge in [-0.05, 0) is 18.8 Å². The molecular formula is C10H13NO3. The van der Waals surface area contributed by atoms with Gasteiger partial charge in [-0.25, -0.2) is 4.98 Å². The lowest BCUT2D eigenvalue weighted by atomic mass is 9.88. The van der Waals surface area contributed by atoms with Crippen molar-refractivity contribution in [1.29, 1.82) is 0 Å². The van der Waals surface area contributed by atoms with Gasteiger partial charge in [0.05, 0.1) is 5.69 Å². The first-order valence-electron chi connectivity index (χ1n) is 4.82. The number of aryl methyl sites for hydroxylation is 2. The zero-order valence-corrected chi connectivity index (χ0v) is 8.12. The normalized spacial score (nSPS) is 20.5. The number of hydrogen-bond acceptors (Lipinski definition) is 3. The molecule has 4 heteroatoms. The number of fused-ring (bicyclic) bond motifs is 1. The number of oxazole rings is 1. The molecule has 1 heterocycles. The maximum Gasteiger partial charge on any atom is 0.303 e. The van der Waals surface area contributed by atoms with Crippen LogP contribution in [0.4, 0.5) is 0 Å². The summed E-state index contributed by atoms with van der Waals surface area (Å²) >= 11 is 0. The molecule has 4 nitrogen and oxygen atoms in total. The highest BCUT2D eigenvalue weighted by molar-refractivity contribution is 5.67. The lowest BCUT2D eigenvalue weighted by Crippen LogP contribution is -2.16. The predicted molar refractivity (Wildman–Crippen MR) is 49.0 cm³/mol. The SMILES string of the molecule is Cc1nc2c(o1)CCC(CC(=O)O)C2. The van der Waals surface area contributed by atoms with Crippen molar-refractivity contribution in [3.05, 3.63) is 17.3 Å². The van der Waals surface area contributed by atoms with E-state index in [4.69, 9.17) is 9.52 Å². The summed E-state index contributed by atoms with van der Waals surface area (Å²) in [6.07, 6.45) is 2.71. The van der Waals surface area contributed by atoms with Crippen LogP contribution in [0.5, 0.6) is 0 Å². The fourth-order valence-electron chi connectivity index (χ4n) is 2.00. The summed E-state index contributed by atoms with van der Waals surface area (Å²) in [7, 11) is 0. The summed E-state index contributed by atoms with van der Waals surface area (Å²) in [5.74, 6) is 1.14. The molecule has 1 unspecified atom stereocenters. The Bertz CT molecular complexity index is 356. The maximum atomic E-state index is 10.5. The standard InChI is InChI=1S/C10H13NO3/c1-6-11-8-4-7(5-10(12)13)2-3-9(8)14-6/h7H,2-5H2,1H3,(H,12,13). The molecule has 1 N–H and O–H groups in total. The highest BCUT2D eigenvalue weighted by Crippen LogP contribution is 2.27. The smallest absolute Gasteiger partial charge is 0.303 e. The number of nitrogens with zero attached hydrogens (tertiary/aromatic N) is 1. The van der Waals surface area contributed by atoms with Gasteiger partial charge in [0.1, 0.15) is 5.76 Å². The minimum Gasteiger partial charge on any atom is -0.481 e. The Morgan fingerprint density at radius 3 is 3.21 bits per heavy atom. The van der Waals surface area contributed by atoms with Crippen molar-refractivity contribution in [2.75, 3.05) is 0 Å². The number of rotatable bonds is 2. The largest absolute Gasteiger partial charge is 0.481 e. The van der Waals surface area contributed by atoms with Gasteiger partial charge in [0.2, 0.25) is 0 Å². The van der Waals surface area contributed by atoms with Gasteiger partial charge in [-0.1, -0.05) is 0 Å². The molecule has 1 aromatic heterocycles. The van der Waals surface area contributed by atoms with Crippen LogP contribution in [0.3, 0.4) is 0 Å². The average Bonchev–Trinajstić information content (AvgIpc) is 2.42. The van der Waals surface area contributed by atoms with Crippen molar-refractivity contribution in [2.45, 2.75) is 32.6 Å². The summed E-state index contributed by atoms with van der Waals surface area (Å²) in [6.45, 7) is 1.82. The molecule has 0 fully saturated rings. The molecule has 0 amide bonds. The van der Waals surface area contributed by atoms with E-state index in [1.807, 2.05) is 6.92 Å². The summed E-state index contributed by atoms with van der Waals surface area (Å²) in [5.41, 5.74) is 0.958. The minimum atomic E-state index is -0.723. The van der Waals surface area contributed by atoms with Crippen molar-refractivity contribution in [3.63, 3.8) is 0 Å². The first kappa shape index (κ1) is 9.24. The molecular weight excluding hydrogens is 182 g/mol. The predicted octanol–water partition coefficient (Wildman–Crippen LogP) is 1.56. The lowest BCUT2D eigenvalue weighted by molar-refractivity contribution is -0.138. The van der Waals surface area contributed by atoms with Crippen molar-refractivity contribution in [1.82, 2.24) is 4.98 Å². The van der Waals surface area contributed by atoms with Crippen LogP contribution < -0.4 is 0 Å². The third kappa shape index (κ3) is 1.78. The fraction of sp³-hybridized carbons (Fsp3) is 0.600. The monoisotopic (exact) mass is 195 g/mol. The summed E-state index contributed by atoms with van der Waals surface area (Å²) in [4.78, 5) is 14.8. The van der Waals surface area contributed by atoms with E-state index in [-0.39, 0.29) is 12.3 Å². The molecule has 14 heavy (non-hydrogen) atoms. The van der Waals surface area contributed by atoms with Crippen LogP contribution in [0.25, 0.3) is 0 Å². The van der Waals surface area contributed by atoms with Crippen LogP contribution in [0.2, 0.25) is 0 Å². The second kappa shape index (κ2) is 3.44. The number of aliphatic carboxylic acids is 1. The number of carbonyl (C=O) groups is 1. The van der Waals surface area contributed by atoms with Gasteiger partial charge in [0, 0.05) is 19.8 Å². The summed E-state index contributed by atoms with van der Waals surface area (Å²) in [5, 5.41) is 8.68. The highest BCUT2D eigenvalue weighted by atomic mass is 16.4. The second-order valence-corrected chi connectivity index (χ2v) is 3.81. The lowest BCUT2D eigenvalue weighted by Gasteiger charge is -2.17. The fourth-order valence-corrected chi connectivity index (χ4v) is 2.00. The van der Waals surface area contributed by atoms with Crippen LogP contribution in [-0.2, 0) is 17.6 Å². The molecule has 0 radical (unpaired) electrons. The molecule has 0 saturated carbocycles. The Morgan fingerprint density at radius 1 is 1.71 bits per heavy atom. The Hall–Kier alpha value is -1.32. The number of carboxylic acids is 1. The van der Waals surface area contributed by atoms with Gasteiger partial charge >= 0.3 is 5.97 Å². The molecule has 2 rings (SSSR count). The third-order valence-corrected chi connectivity index (χ3v) is 2.61. The molecule has 1 atom stereocenters. The van der Waals surface area contributed by atoms with Gasteiger partial charge in [-0.15, -0.1) is 0 Å². The first-order chi connectivity index (χ1) is 6.65. The van der Waals surface area contributed by atoms with Crippen LogP contribution in [0.15, 0.2) is 4.42 Å². The molecule has 0 saturated heterocycles. The highest BCUT2D eigenvalue weighted by Gasteiger charge is 2.24. The Balaban J connectivity index is 2.09. The third-order valence-electron chi connectivity index (χ3n) is 2.61. The average molecular weight is 195 g/mol. The molecule has 0 aliphatic heterocycles. The van der Waals surface area contributed by atoms with Gasteiger partial charge < -0.3 is 9.52 Å². The number of hydrogen-bond donors (Lipinski definition) is 1. The second-order valence-electron chi connectivity index (χ2n) is 3.81. The van der Waals surface area contributed by atoms with Gasteiger partial charge in [0.25, 0.3) is 0 Å². The number of aromatic nitrogens is 1. The van der Waals surface area contributed by atoms with Gasteiger partial charge in [0.15, 0.2) is 5.89 Å². The van der Waals surface area contributed by atoms with E-state index in [1.165, 1.54) is 0 Å². The van der Waals surface area contributed by atoms with Crippen molar-refractivity contribution >= 4 is 5.97 Å². The maximum absolute atomic E-state index is 10.5.